The third-order valence-corrected chi connectivity index (χ3v) is 3.07. The summed E-state index contributed by atoms with van der Waals surface area (Å²) in [7, 11) is 0. The molecule has 0 amide bonds. The van der Waals surface area contributed by atoms with E-state index in [0.717, 1.165) is 5.69 Å². The number of aromatic nitrogens is 3. The van der Waals surface area contributed by atoms with Crippen molar-refractivity contribution >= 4 is 0 Å². The van der Waals surface area contributed by atoms with Crippen LogP contribution in [0, 0.1) is 0 Å². The van der Waals surface area contributed by atoms with Gasteiger partial charge in [0.05, 0.1) is 29.4 Å². The van der Waals surface area contributed by atoms with E-state index in [4.69, 9.17) is 0 Å². The van der Waals surface area contributed by atoms with Crippen molar-refractivity contribution in [2.75, 3.05) is 0 Å². The van der Waals surface area contributed by atoms with Gasteiger partial charge in [0.2, 0.25) is 0 Å². The van der Waals surface area contributed by atoms with Crippen molar-refractivity contribution < 1.29 is 5.11 Å². The minimum atomic E-state index is -0.524. The largest absolute Gasteiger partial charge is 0.387 e. The molecule has 2 heterocycles. The Morgan fingerprint density at radius 1 is 1.35 bits per heavy atom. The van der Waals surface area contributed by atoms with E-state index in [1.54, 1.807) is 13.1 Å². The van der Waals surface area contributed by atoms with Gasteiger partial charge in [-0.1, -0.05) is 0 Å². The average molecular weight is 229 g/mol. The van der Waals surface area contributed by atoms with Gasteiger partial charge in [0, 0.05) is 12.1 Å². The van der Waals surface area contributed by atoms with Crippen LogP contribution in [0.3, 0.4) is 0 Å². The Kier molecular flexibility index (Phi) is 2.44. The molecule has 1 N–H and O–H groups in total. The molecule has 0 radical (unpaired) electrons. The molecule has 2 aromatic heterocycles. The summed E-state index contributed by atoms with van der Waals surface area (Å²) in [4.78, 5) is 4.21. The molecule has 3 rings (SSSR count). The predicted octanol–water partition coefficient (Wildman–Crippen LogP) is 2.20. The summed E-state index contributed by atoms with van der Waals surface area (Å²) >= 11 is 0. The maximum atomic E-state index is 9.39. The van der Waals surface area contributed by atoms with Gasteiger partial charge in [-0.2, -0.15) is 5.10 Å². The fourth-order valence-corrected chi connectivity index (χ4v) is 1.86. The minimum Gasteiger partial charge on any atom is -0.387 e. The van der Waals surface area contributed by atoms with Gasteiger partial charge in [0.1, 0.15) is 0 Å². The minimum absolute atomic E-state index is 0.524. The lowest BCUT2D eigenvalue weighted by atomic mass is 10.2. The molecule has 0 saturated heterocycles. The molecule has 0 spiro atoms. The molecule has 1 atom stereocenters. The highest BCUT2D eigenvalue weighted by Crippen LogP contribution is 2.38. The number of pyridine rings is 1. The smallest absolute Gasteiger partial charge is 0.0931 e. The maximum Gasteiger partial charge on any atom is 0.0931 e. The molecule has 4 nitrogen and oxygen atoms in total. The number of rotatable bonds is 3. The highest BCUT2D eigenvalue weighted by atomic mass is 16.3. The molecule has 1 aliphatic rings. The topological polar surface area (TPSA) is 50.9 Å². The standard InChI is InChI=1S/C13H15N3O/c1-9(17)12-5-4-11(8-14-12)16-7-6-13(15-16)10-2-3-10/h4-10,17H,2-3H2,1H3/t9-/m0/s1. The Morgan fingerprint density at radius 2 is 2.18 bits per heavy atom. The van der Waals surface area contributed by atoms with Gasteiger partial charge in [-0.25, -0.2) is 4.68 Å². The first-order chi connectivity index (χ1) is 8.24. The monoisotopic (exact) mass is 229 g/mol. The third kappa shape index (κ3) is 2.08. The highest BCUT2D eigenvalue weighted by molar-refractivity contribution is 5.30. The second-order valence-electron chi connectivity index (χ2n) is 4.58. The number of aliphatic hydroxyl groups excluding tert-OH is 1. The van der Waals surface area contributed by atoms with E-state index < -0.39 is 6.10 Å². The van der Waals surface area contributed by atoms with Crippen molar-refractivity contribution in [1.29, 1.82) is 0 Å². The van der Waals surface area contributed by atoms with Crippen LogP contribution >= 0.6 is 0 Å². The molecule has 2 aromatic rings. The molecule has 4 heteroatoms. The summed E-state index contributed by atoms with van der Waals surface area (Å²) < 4.78 is 1.84. The van der Waals surface area contributed by atoms with E-state index in [1.165, 1.54) is 18.5 Å². The van der Waals surface area contributed by atoms with E-state index in [0.29, 0.717) is 11.6 Å². The Morgan fingerprint density at radius 3 is 2.76 bits per heavy atom. The van der Waals surface area contributed by atoms with Gasteiger partial charge in [-0.3, -0.25) is 4.98 Å². The zero-order valence-electron chi connectivity index (χ0n) is 9.74. The Labute approximate surface area is 99.9 Å². The zero-order valence-corrected chi connectivity index (χ0v) is 9.74. The molecule has 1 fully saturated rings. The Hall–Kier alpha value is -1.68. The van der Waals surface area contributed by atoms with Crippen molar-refractivity contribution in [3.8, 4) is 5.69 Å². The van der Waals surface area contributed by atoms with Crippen LogP contribution < -0.4 is 0 Å². The van der Waals surface area contributed by atoms with Crippen LogP contribution in [-0.2, 0) is 0 Å². The summed E-state index contributed by atoms with van der Waals surface area (Å²) in [6.07, 6.45) is 5.70. The van der Waals surface area contributed by atoms with Crippen LogP contribution in [0.2, 0.25) is 0 Å². The lowest BCUT2D eigenvalue weighted by molar-refractivity contribution is 0.194. The van der Waals surface area contributed by atoms with E-state index in [2.05, 4.69) is 16.1 Å². The first kappa shape index (κ1) is 10.5. The van der Waals surface area contributed by atoms with Gasteiger partial charge in [0.15, 0.2) is 0 Å². The van der Waals surface area contributed by atoms with Crippen LogP contribution in [0.15, 0.2) is 30.6 Å². The maximum absolute atomic E-state index is 9.39. The van der Waals surface area contributed by atoms with Gasteiger partial charge in [0.25, 0.3) is 0 Å². The predicted molar refractivity (Wildman–Crippen MR) is 64.0 cm³/mol. The molecule has 1 aliphatic carbocycles. The van der Waals surface area contributed by atoms with E-state index in [-0.39, 0.29) is 0 Å². The number of hydrogen-bond donors (Lipinski definition) is 1. The third-order valence-electron chi connectivity index (χ3n) is 3.07. The Balaban J connectivity index is 1.86. The first-order valence-corrected chi connectivity index (χ1v) is 5.94. The summed E-state index contributed by atoms with van der Waals surface area (Å²) in [6, 6.07) is 5.83. The van der Waals surface area contributed by atoms with Crippen LogP contribution in [0.1, 0.15) is 43.2 Å². The summed E-state index contributed by atoms with van der Waals surface area (Å²) in [5.74, 6) is 0.668. The molecule has 0 aromatic carbocycles. The molecule has 88 valence electrons. The van der Waals surface area contributed by atoms with Crippen molar-refractivity contribution in [3.05, 3.63) is 42.0 Å². The second kappa shape index (κ2) is 3.96. The van der Waals surface area contributed by atoms with Crippen LogP contribution in [0.5, 0.6) is 0 Å². The molecule has 0 bridgehead atoms. The lowest BCUT2D eigenvalue weighted by Gasteiger charge is -2.05. The van der Waals surface area contributed by atoms with E-state index in [1.807, 2.05) is 23.0 Å². The summed E-state index contributed by atoms with van der Waals surface area (Å²) in [5, 5.41) is 13.9. The number of hydrogen-bond acceptors (Lipinski definition) is 3. The summed E-state index contributed by atoms with van der Waals surface area (Å²) in [6.45, 7) is 1.71. The van der Waals surface area contributed by atoms with Crippen molar-refractivity contribution in [2.24, 2.45) is 0 Å². The average Bonchev–Trinajstić information content (AvgIpc) is 3.07. The molecule has 1 saturated carbocycles. The first-order valence-electron chi connectivity index (χ1n) is 5.94. The normalized spacial score (nSPS) is 17.1. The van der Waals surface area contributed by atoms with Crippen molar-refractivity contribution in [1.82, 2.24) is 14.8 Å². The molecule has 0 aliphatic heterocycles. The van der Waals surface area contributed by atoms with Crippen molar-refractivity contribution in [3.63, 3.8) is 0 Å². The fourth-order valence-electron chi connectivity index (χ4n) is 1.86. The van der Waals surface area contributed by atoms with Crippen LogP contribution in [0.4, 0.5) is 0 Å². The molecular weight excluding hydrogens is 214 g/mol. The molecule has 17 heavy (non-hydrogen) atoms. The molecular formula is C13H15N3O. The fraction of sp³-hybridized carbons (Fsp3) is 0.385. The Bertz CT molecular complexity index is 512. The summed E-state index contributed by atoms with van der Waals surface area (Å²) in [5.41, 5.74) is 2.79. The van der Waals surface area contributed by atoms with Gasteiger partial charge >= 0.3 is 0 Å². The SMILES string of the molecule is C[C@H](O)c1ccc(-n2ccc(C3CC3)n2)cn1. The van der Waals surface area contributed by atoms with Crippen LogP contribution in [0.25, 0.3) is 5.69 Å². The van der Waals surface area contributed by atoms with E-state index in [9.17, 15) is 5.11 Å². The van der Waals surface area contributed by atoms with Gasteiger partial charge in [-0.15, -0.1) is 0 Å². The van der Waals surface area contributed by atoms with Crippen molar-refractivity contribution in [2.45, 2.75) is 31.8 Å². The van der Waals surface area contributed by atoms with Crippen LogP contribution in [-0.4, -0.2) is 19.9 Å². The number of nitrogens with zero attached hydrogens (tertiary/aromatic N) is 3. The lowest BCUT2D eigenvalue weighted by Crippen LogP contribution is -2.00. The van der Waals surface area contributed by atoms with Gasteiger partial charge < -0.3 is 5.11 Å². The van der Waals surface area contributed by atoms with E-state index >= 15 is 0 Å². The molecule has 0 unspecified atom stereocenters. The zero-order chi connectivity index (χ0) is 11.8. The quantitative estimate of drug-likeness (QED) is 0.877. The van der Waals surface area contributed by atoms with Gasteiger partial charge in [-0.05, 0) is 38.0 Å². The highest BCUT2D eigenvalue weighted by Gasteiger charge is 2.25. The number of aliphatic hydroxyl groups is 1. The second-order valence-corrected chi connectivity index (χ2v) is 4.58.